The van der Waals surface area contributed by atoms with Crippen LogP contribution in [0.2, 0.25) is 0 Å². The molecule has 0 aliphatic heterocycles. The molecule has 0 bridgehead atoms. The quantitative estimate of drug-likeness (QED) is 0.766. The number of methoxy groups -OCH3 is 1. The Labute approximate surface area is 126 Å². The van der Waals surface area contributed by atoms with Gasteiger partial charge in [0, 0.05) is 12.6 Å². The van der Waals surface area contributed by atoms with Gasteiger partial charge >= 0.3 is 0 Å². The summed E-state index contributed by atoms with van der Waals surface area (Å²) in [6.45, 7) is 6.63. The van der Waals surface area contributed by atoms with Gasteiger partial charge in [0.2, 0.25) is 0 Å². The number of carbonyl (C=O) groups is 1. The van der Waals surface area contributed by atoms with Crippen LogP contribution in [-0.4, -0.2) is 32.2 Å². The second-order valence-corrected chi connectivity index (χ2v) is 5.62. The number of carbonyl (C=O) groups excluding carboxylic acids is 1. The van der Waals surface area contributed by atoms with E-state index < -0.39 is 0 Å². The highest BCUT2D eigenvalue weighted by Crippen LogP contribution is 2.31. The largest absolute Gasteiger partial charge is 0.493 e. The average Bonchev–Trinajstić information content (AvgIpc) is 2.42. The van der Waals surface area contributed by atoms with Crippen LogP contribution < -0.4 is 20.5 Å². The van der Waals surface area contributed by atoms with Gasteiger partial charge in [0.15, 0.2) is 18.1 Å². The minimum atomic E-state index is -0.138. The summed E-state index contributed by atoms with van der Waals surface area (Å²) in [7, 11) is 1.58. The van der Waals surface area contributed by atoms with Crippen LogP contribution >= 0.6 is 0 Å². The van der Waals surface area contributed by atoms with Crippen LogP contribution in [0.5, 0.6) is 11.5 Å². The molecule has 5 nitrogen and oxygen atoms in total. The second-order valence-electron chi connectivity index (χ2n) is 5.62. The van der Waals surface area contributed by atoms with Gasteiger partial charge in [-0.25, -0.2) is 0 Å². The Bertz CT molecular complexity index is 459. The molecule has 0 radical (unpaired) electrons. The van der Waals surface area contributed by atoms with Crippen LogP contribution in [0.15, 0.2) is 18.2 Å². The molecular weight excluding hydrogens is 268 g/mol. The zero-order valence-corrected chi connectivity index (χ0v) is 13.3. The highest BCUT2D eigenvalue weighted by Gasteiger charge is 2.13. The molecule has 0 saturated carbocycles. The molecule has 0 spiro atoms. The maximum Gasteiger partial charge on any atom is 0.257 e. The van der Waals surface area contributed by atoms with E-state index in [0.29, 0.717) is 30.4 Å². The van der Waals surface area contributed by atoms with Gasteiger partial charge in [-0.2, -0.15) is 0 Å². The Kier molecular flexibility index (Phi) is 7.02. The van der Waals surface area contributed by atoms with E-state index in [1.54, 1.807) is 7.11 Å². The van der Waals surface area contributed by atoms with Crippen LogP contribution in [0.3, 0.4) is 0 Å². The Morgan fingerprint density at radius 3 is 2.62 bits per heavy atom. The number of nitrogens with two attached hydrogens (primary N) is 1. The van der Waals surface area contributed by atoms with Crippen molar-refractivity contribution >= 4 is 5.91 Å². The number of hydrogen-bond acceptors (Lipinski definition) is 4. The fourth-order valence-corrected chi connectivity index (χ4v) is 1.90. The number of benzene rings is 1. The van der Waals surface area contributed by atoms with Crippen molar-refractivity contribution in [1.82, 2.24) is 5.32 Å². The lowest BCUT2D eigenvalue weighted by Crippen LogP contribution is -2.32. The van der Waals surface area contributed by atoms with Crippen molar-refractivity contribution in [2.45, 2.75) is 33.2 Å². The van der Waals surface area contributed by atoms with E-state index in [4.69, 9.17) is 15.2 Å². The first-order valence-electron chi connectivity index (χ1n) is 7.25. The van der Waals surface area contributed by atoms with E-state index in [2.05, 4.69) is 5.32 Å². The summed E-state index contributed by atoms with van der Waals surface area (Å²) in [6.07, 6.45) is 0.667. The average molecular weight is 294 g/mol. The SMILES string of the molecule is COc1cccc(CC(C)N)c1OCC(=O)NCC(C)C. The molecule has 21 heavy (non-hydrogen) atoms. The van der Waals surface area contributed by atoms with Crippen LogP contribution in [0.4, 0.5) is 0 Å². The van der Waals surface area contributed by atoms with Gasteiger partial charge < -0.3 is 20.5 Å². The normalized spacial score (nSPS) is 12.1. The number of nitrogens with one attached hydrogen (secondary N) is 1. The summed E-state index contributed by atoms with van der Waals surface area (Å²) in [5.74, 6) is 1.48. The first-order valence-corrected chi connectivity index (χ1v) is 7.25. The molecule has 0 aliphatic rings. The molecule has 1 unspecified atom stereocenters. The predicted molar refractivity (Wildman–Crippen MR) is 83.7 cm³/mol. The molecule has 1 amide bonds. The van der Waals surface area contributed by atoms with Crippen LogP contribution in [-0.2, 0) is 11.2 Å². The smallest absolute Gasteiger partial charge is 0.257 e. The zero-order valence-electron chi connectivity index (χ0n) is 13.3. The van der Waals surface area contributed by atoms with Gasteiger partial charge in [-0.1, -0.05) is 26.0 Å². The third kappa shape index (κ3) is 6.04. The molecule has 1 rings (SSSR count). The molecule has 3 N–H and O–H groups in total. The zero-order chi connectivity index (χ0) is 15.8. The highest BCUT2D eigenvalue weighted by atomic mass is 16.5. The van der Waals surface area contributed by atoms with E-state index in [9.17, 15) is 4.79 Å². The summed E-state index contributed by atoms with van der Waals surface area (Å²) < 4.78 is 11.0. The summed E-state index contributed by atoms with van der Waals surface area (Å²) in [5, 5.41) is 2.82. The molecule has 0 aliphatic carbocycles. The molecule has 1 aromatic carbocycles. The maximum absolute atomic E-state index is 11.8. The molecule has 0 heterocycles. The molecule has 1 aromatic rings. The van der Waals surface area contributed by atoms with E-state index in [1.165, 1.54) is 0 Å². The van der Waals surface area contributed by atoms with Crippen molar-refractivity contribution in [3.05, 3.63) is 23.8 Å². The first-order chi connectivity index (χ1) is 9.93. The minimum absolute atomic E-state index is 0.00854. The Balaban J connectivity index is 2.73. The summed E-state index contributed by atoms with van der Waals surface area (Å²) in [5.41, 5.74) is 6.79. The second kappa shape index (κ2) is 8.52. The molecular formula is C16H26N2O3. The van der Waals surface area contributed by atoms with Gasteiger partial charge in [0.05, 0.1) is 7.11 Å². The summed E-state index contributed by atoms with van der Waals surface area (Å²) >= 11 is 0. The summed E-state index contributed by atoms with van der Waals surface area (Å²) in [4.78, 5) is 11.8. The molecule has 5 heteroatoms. The van der Waals surface area contributed by atoms with Crippen molar-refractivity contribution < 1.29 is 14.3 Å². The van der Waals surface area contributed by atoms with Crippen molar-refractivity contribution in [3.8, 4) is 11.5 Å². The molecule has 0 saturated heterocycles. The predicted octanol–water partition coefficient (Wildman–Crippen LogP) is 1.74. The van der Waals surface area contributed by atoms with E-state index in [-0.39, 0.29) is 18.6 Å². The number of amides is 1. The topological polar surface area (TPSA) is 73.6 Å². The Morgan fingerprint density at radius 2 is 2.05 bits per heavy atom. The van der Waals surface area contributed by atoms with Crippen molar-refractivity contribution in [2.75, 3.05) is 20.3 Å². The lowest BCUT2D eigenvalue weighted by Gasteiger charge is -2.16. The monoisotopic (exact) mass is 294 g/mol. The number of para-hydroxylation sites is 1. The number of ether oxygens (including phenoxy) is 2. The Morgan fingerprint density at radius 1 is 1.33 bits per heavy atom. The van der Waals surface area contributed by atoms with E-state index in [0.717, 1.165) is 5.56 Å². The first kappa shape index (κ1) is 17.3. The van der Waals surface area contributed by atoms with Gasteiger partial charge in [-0.05, 0) is 30.9 Å². The van der Waals surface area contributed by atoms with E-state index in [1.807, 2.05) is 39.0 Å². The van der Waals surface area contributed by atoms with Gasteiger partial charge in [-0.15, -0.1) is 0 Å². The minimum Gasteiger partial charge on any atom is -0.493 e. The molecule has 0 fully saturated rings. The van der Waals surface area contributed by atoms with Gasteiger partial charge in [0.25, 0.3) is 5.91 Å². The van der Waals surface area contributed by atoms with E-state index >= 15 is 0 Å². The molecule has 1 atom stereocenters. The fourth-order valence-electron chi connectivity index (χ4n) is 1.90. The number of rotatable bonds is 8. The van der Waals surface area contributed by atoms with Crippen molar-refractivity contribution in [3.63, 3.8) is 0 Å². The van der Waals surface area contributed by atoms with Crippen LogP contribution in [0.1, 0.15) is 26.3 Å². The highest BCUT2D eigenvalue weighted by molar-refractivity contribution is 5.77. The third-order valence-electron chi connectivity index (χ3n) is 2.88. The van der Waals surface area contributed by atoms with Gasteiger partial charge in [0.1, 0.15) is 0 Å². The molecule has 118 valence electrons. The fraction of sp³-hybridized carbons (Fsp3) is 0.562. The van der Waals surface area contributed by atoms with Crippen LogP contribution in [0.25, 0.3) is 0 Å². The number of hydrogen-bond donors (Lipinski definition) is 2. The lowest BCUT2D eigenvalue weighted by molar-refractivity contribution is -0.123. The van der Waals surface area contributed by atoms with Crippen molar-refractivity contribution in [1.29, 1.82) is 0 Å². The summed E-state index contributed by atoms with van der Waals surface area (Å²) in [6, 6.07) is 5.65. The van der Waals surface area contributed by atoms with Gasteiger partial charge in [-0.3, -0.25) is 4.79 Å². The lowest BCUT2D eigenvalue weighted by atomic mass is 10.1. The third-order valence-corrected chi connectivity index (χ3v) is 2.88. The Hall–Kier alpha value is -1.75. The van der Waals surface area contributed by atoms with Crippen molar-refractivity contribution in [2.24, 2.45) is 11.7 Å². The van der Waals surface area contributed by atoms with Crippen LogP contribution in [0, 0.1) is 5.92 Å². The standard InChI is InChI=1S/C16H26N2O3/c1-11(2)9-18-15(19)10-21-16-13(8-12(3)17)6-5-7-14(16)20-4/h5-7,11-12H,8-10,17H2,1-4H3,(H,18,19). The maximum atomic E-state index is 11.8. The molecule has 0 aromatic heterocycles.